The molecule has 1 unspecified atom stereocenters. The topological polar surface area (TPSA) is 64.3 Å². The van der Waals surface area contributed by atoms with Crippen molar-refractivity contribution >= 4 is 11.6 Å². The maximum Gasteiger partial charge on any atom is 0.261 e. The van der Waals surface area contributed by atoms with Crippen molar-refractivity contribution in [1.29, 1.82) is 0 Å². The summed E-state index contributed by atoms with van der Waals surface area (Å²) in [5, 5.41) is 2.76. The minimum Gasteiger partial charge on any atom is -0.478 e. The molecule has 0 aliphatic rings. The predicted octanol–water partition coefficient (Wildman–Crippen LogP) is 2.09. The Morgan fingerprint density at radius 3 is 2.56 bits per heavy atom. The molecule has 18 heavy (non-hydrogen) atoms. The van der Waals surface area contributed by atoms with Gasteiger partial charge in [-0.3, -0.25) is 4.79 Å². The molecule has 0 saturated heterocycles. The van der Waals surface area contributed by atoms with Crippen molar-refractivity contribution in [3.05, 3.63) is 24.0 Å². The summed E-state index contributed by atoms with van der Waals surface area (Å²) in [4.78, 5) is 11.8. The Balaban J connectivity index is 2.69. The molecule has 1 rings (SSSR count). The van der Waals surface area contributed by atoms with Crippen LogP contribution in [0.3, 0.4) is 0 Å². The molecule has 0 saturated carbocycles. The van der Waals surface area contributed by atoms with Crippen LogP contribution in [0.4, 0.5) is 10.1 Å². The number of benzene rings is 1. The van der Waals surface area contributed by atoms with E-state index >= 15 is 0 Å². The summed E-state index contributed by atoms with van der Waals surface area (Å²) < 4.78 is 18.7. The molecule has 0 aromatic heterocycles. The average molecular weight is 254 g/mol. The van der Waals surface area contributed by atoms with E-state index in [1.165, 1.54) is 12.1 Å². The third-order valence-electron chi connectivity index (χ3n) is 2.13. The average Bonchev–Trinajstić information content (AvgIpc) is 2.19. The fourth-order valence-corrected chi connectivity index (χ4v) is 1.33. The molecule has 100 valence electrons. The number of nitrogen functional groups attached to an aromatic ring is 1. The van der Waals surface area contributed by atoms with E-state index in [2.05, 4.69) is 5.32 Å². The molecule has 1 amide bonds. The summed E-state index contributed by atoms with van der Waals surface area (Å²) in [5.74, 6) is -0.857. The van der Waals surface area contributed by atoms with E-state index in [1.54, 1.807) is 6.92 Å². The molecule has 4 nitrogen and oxygen atoms in total. The van der Waals surface area contributed by atoms with Crippen LogP contribution in [0.2, 0.25) is 0 Å². The Bertz CT molecular complexity index is 441. The molecule has 0 bridgehead atoms. The normalized spacial score (nSPS) is 12.9. The highest BCUT2D eigenvalue weighted by atomic mass is 19.1. The highest BCUT2D eigenvalue weighted by Crippen LogP contribution is 2.20. The SMILES string of the molecule is CC(Oc1ccc(N)cc1F)C(=O)NC(C)(C)C. The van der Waals surface area contributed by atoms with Crippen LogP contribution < -0.4 is 15.8 Å². The van der Waals surface area contributed by atoms with Gasteiger partial charge in [-0.2, -0.15) is 0 Å². The van der Waals surface area contributed by atoms with Crippen molar-refractivity contribution in [2.75, 3.05) is 5.73 Å². The summed E-state index contributed by atoms with van der Waals surface area (Å²) in [5.41, 5.74) is 5.39. The standard InChI is InChI=1S/C13H19FN2O2/c1-8(12(17)16-13(2,3)4)18-11-6-5-9(15)7-10(11)14/h5-8H,15H2,1-4H3,(H,16,17). The maximum absolute atomic E-state index is 13.5. The van der Waals surface area contributed by atoms with E-state index < -0.39 is 11.9 Å². The van der Waals surface area contributed by atoms with E-state index in [4.69, 9.17) is 10.5 Å². The fourth-order valence-electron chi connectivity index (χ4n) is 1.33. The number of rotatable bonds is 3. The van der Waals surface area contributed by atoms with Gasteiger partial charge in [0.15, 0.2) is 17.7 Å². The van der Waals surface area contributed by atoms with Crippen molar-refractivity contribution in [1.82, 2.24) is 5.32 Å². The van der Waals surface area contributed by atoms with Gasteiger partial charge in [-0.25, -0.2) is 4.39 Å². The number of nitrogens with one attached hydrogen (secondary N) is 1. The number of halogens is 1. The van der Waals surface area contributed by atoms with E-state index in [9.17, 15) is 9.18 Å². The Kier molecular flexibility index (Phi) is 4.16. The molecular weight excluding hydrogens is 235 g/mol. The molecule has 1 aromatic carbocycles. The van der Waals surface area contributed by atoms with Gasteiger partial charge in [0.25, 0.3) is 5.91 Å². The number of ether oxygens (including phenoxy) is 1. The number of anilines is 1. The van der Waals surface area contributed by atoms with Crippen LogP contribution in [0.25, 0.3) is 0 Å². The van der Waals surface area contributed by atoms with E-state index in [1.807, 2.05) is 20.8 Å². The summed E-state index contributed by atoms with van der Waals surface area (Å²) in [6.45, 7) is 7.15. The molecule has 0 aliphatic heterocycles. The predicted molar refractivity (Wildman–Crippen MR) is 68.8 cm³/mol. The first-order valence-corrected chi connectivity index (χ1v) is 5.73. The van der Waals surface area contributed by atoms with Crippen molar-refractivity contribution < 1.29 is 13.9 Å². The van der Waals surface area contributed by atoms with Crippen LogP contribution in [0, 0.1) is 5.82 Å². The van der Waals surface area contributed by atoms with Gasteiger partial charge in [-0.1, -0.05) is 0 Å². The molecule has 3 N–H and O–H groups in total. The van der Waals surface area contributed by atoms with Gasteiger partial charge in [0, 0.05) is 17.3 Å². The zero-order valence-electron chi connectivity index (χ0n) is 11.1. The van der Waals surface area contributed by atoms with E-state index in [0.717, 1.165) is 6.07 Å². The van der Waals surface area contributed by atoms with Gasteiger partial charge < -0.3 is 15.8 Å². The number of nitrogens with two attached hydrogens (primary N) is 1. The van der Waals surface area contributed by atoms with Gasteiger partial charge >= 0.3 is 0 Å². The second-order valence-corrected chi connectivity index (χ2v) is 5.19. The quantitative estimate of drug-likeness (QED) is 0.812. The molecule has 0 spiro atoms. The first-order chi connectivity index (χ1) is 8.19. The lowest BCUT2D eigenvalue weighted by molar-refractivity contribution is -0.128. The van der Waals surface area contributed by atoms with Crippen molar-refractivity contribution in [3.63, 3.8) is 0 Å². The molecule has 0 fully saturated rings. The van der Waals surface area contributed by atoms with Crippen molar-refractivity contribution in [3.8, 4) is 5.75 Å². The second-order valence-electron chi connectivity index (χ2n) is 5.19. The number of carbonyl (C=O) groups is 1. The van der Waals surface area contributed by atoms with Crippen LogP contribution in [0.1, 0.15) is 27.7 Å². The first-order valence-electron chi connectivity index (χ1n) is 5.73. The van der Waals surface area contributed by atoms with Crippen LogP contribution in [-0.2, 0) is 4.79 Å². The monoisotopic (exact) mass is 254 g/mol. The van der Waals surface area contributed by atoms with Crippen LogP contribution in [0.5, 0.6) is 5.75 Å². The zero-order chi connectivity index (χ0) is 13.9. The Labute approximate surface area is 106 Å². The molecule has 5 heteroatoms. The summed E-state index contributed by atoms with van der Waals surface area (Å²) in [6.07, 6.45) is -0.776. The Morgan fingerprint density at radius 1 is 1.44 bits per heavy atom. The summed E-state index contributed by atoms with van der Waals surface area (Å²) in [6, 6.07) is 4.09. The van der Waals surface area contributed by atoms with Gasteiger partial charge in [0.1, 0.15) is 0 Å². The first kappa shape index (κ1) is 14.3. The largest absolute Gasteiger partial charge is 0.478 e. The number of hydrogen-bond acceptors (Lipinski definition) is 3. The zero-order valence-corrected chi connectivity index (χ0v) is 11.1. The third kappa shape index (κ3) is 4.24. The van der Waals surface area contributed by atoms with Crippen LogP contribution >= 0.6 is 0 Å². The van der Waals surface area contributed by atoms with Gasteiger partial charge in [0.2, 0.25) is 0 Å². The minimum absolute atomic E-state index is 0.0146. The smallest absolute Gasteiger partial charge is 0.261 e. The fraction of sp³-hybridized carbons (Fsp3) is 0.462. The highest BCUT2D eigenvalue weighted by molar-refractivity contribution is 5.81. The number of hydrogen-bond donors (Lipinski definition) is 2. The lowest BCUT2D eigenvalue weighted by atomic mass is 10.1. The number of amides is 1. The molecular formula is C13H19FN2O2. The molecule has 0 radical (unpaired) electrons. The van der Waals surface area contributed by atoms with Crippen LogP contribution in [0.15, 0.2) is 18.2 Å². The Morgan fingerprint density at radius 2 is 2.06 bits per heavy atom. The van der Waals surface area contributed by atoms with E-state index in [0.29, 0.717) is 5.69 Å². The van der Waals surface area contributed by atoms with Crippen molar-refractivity contribution in [2.45, 2.75) is 39.3 Å². The van der Waals surface area contributed by atoms with Crippen molar-refractivity contribution in [2.24, 2.45) is 0 Å². The van der Waals surface area contributed by atoms with Crippen LogP contribution in [-0.4, -0.2) is 17.6 Å². The molecule has 0 heterocycles. The van der Waals surface area contributed by atoms with Gasteiger partial charge in [0.05, 0.1) is 0 Å². The van der Waals surface area contributed by atoms with Gasteiger partial charge in [-0.05, 0) is 39.8 Å². The molecule has 1 atom stereocenters. The highest BCUT2D eigenvalue weighted by Gasteiger charge is 2.21. The molecule has 1 aromatic rings. The summed E-state index contributed by atoms with van der Waals surface area (Å²) >= 11 is 0. The second kappa shape index (κ2) is 5.25. The maximum atomic E-state index is 13.5. The molecule has 0 aliphatic carbocycles. The third-order valence-corrected chi connectivity index (χ3v) is 2.13. The number of carbonyl (C=O) groups excluding carboxylic acids is 1. The van der Waals surface area contributed by atoms with E-state index in [-0.39, 0.29) is 17.2 Å². The Hall–Kier alpha value is -1.78. The lowest BCUT2D eigenvalue weighted by Gasteiger charge is -2.23. The lowest BCUT2D eigenvalue weighted by Crippen LogP contribution is -2.46. The summed E-state index contributed by atoms with van der Waals surface area (Å²) in [7, 11) is 0. The van der Waals surface area contributed by atoms with Gasteiger partial charge in [-0.15, -0.1) is 0 Å². The minimum atomic E-state index is -0.776.